The van der Waals surface area contributed by atoms with Crippen LogP contribution in [0.25, 0.3) is 0 Å². The van der Waals surface area contributed by atoms with Gasteiger partial charge in [-0.25, -0.2) is 0 Å². The number of hydrogen-bond acceptors (Lipinski definition) is 4. The van der Waals surface area contributed by atoms with Crippen LogP contribution in [0.2, 0.25) is 0 Å². The van der Waals surface area contributed by atoms with Gasteiger partial charge in [0.2, 0.25) is 0 Å². The molecule has 0 aromatic carbocycles. The minimum absolute atomic E-state index is 0.257. The molecule has 0 spiro atoms. The molecular formula is C8H15N3OS. The van der Waals surface area contributed by atoms with Gasteiger partial charge in [-0.05, 0) is 11.7 Å². The molecule has 1 N–H and O–H groups in total. The molecule has 1 unspecified atom stereocenters. The first kappa shape index (κ1) is 10.5. The van der Waals surface area contributed by atoms with Gasteiger partial charge < -0.3 is 5.11 Å². The zero-order valence-corrected chi connectivity index (χ0v) is 8.79. The molecule has 5 heteroatoms. The van der Waals surface area contributed by atoms with E-state index in [1.54, 1.807) is 16.4 Å². The van der Waals surface area contributed by atoms with Crippen molar-refractivity contribution in [3.8, 4) is 0 Å². The van der Waals surface area contributed by atoms with E-state index in [1.165, 1.54) is 0 Å². The van der Waals surface area contributed by atoms with Crippen molar-refractivity contribution < 1.29 is 5.11 Å². The fourth-order valence-corrected chi connectivity index (χ4v) is 1.85. The van der Waals surface area contributed by atoms with Crippen LogP contribution in [-0.2, 0) is 12.8 Å². The van der Waals surface area contributed by atoms with Gasteiger partial charge in [-0.3, -0.25) is 4.68 Å². The molecule has 1 atom stereocenters. The second kappa shape index (κ2) is 5.24. The quantitative estimate of drug-likeness (QED) is 0.761. The zero-order chi connectivity index (χ0) is 9.68. The zero-order valence-electron chi connectivity index (χ0n) is 7.97. The van der Waals surface area contributed by atoms with Crippen molar-refractivity contribution in [3.05, 3.63) is 11.9 Å². The van der Waals surface area contributed by atoms with Gasteiger partial charge in [0, 0.05) is 25.6 Å². The summed E-state index contributed by atoms with van der Waals surface area (Å²) >= 11 is 1.78. The highest BCUT2D eigenvalue weighted by molar-refractivity contribution is 7.98. The lowest BCUT2D eigenvalue weighted by atomic mass is 10.2. The lowest BCUT2D eigenvalue weighted by Crippen LogP contribution is -2.03. The van der Waals surface area contributed by atoms with Crippen LogP contribution in [0.15, 0.2) is 6.20 Å². The van der Waals surface area contributed by atoms with Gasteiger partial charge >= 0.3 is 0 Å². The highest BCUT2D eigenvalue weighted by atomic mass is 32.2. The van der Waals surface area contributed by atoms with Crippen molar-refractivity contribution in [2.24, 2.45) is 13.0 Å². The Bertz CT molecular complexity index is 251. The number of aliphatic hydroxyl groups is 1. The molecule has 74 valence electrons. The van der Waals surface area contributed by atoms with Crippen molar-refractivity contribution in [2.75, 3.05) is 12.4 Å². The predicted octanol–water partition coefficient (Wildman–Crippen LogP) is 0.677. The van der Waals surface area contributed by atoms with E-state index in [9.17, 15) is 0 Å². The number of aryl methyl sites for hydroxylation is 1. The van der Waals surface area contributed by atoms with Gasteiger partial charge in [0.15, 0.2) is 0 Å². The number of rotatable bonds is 5. The molecule has 4 nitrogen and oxygen atoms in total. The maximum Gasteiger partial charge on any atom is 0.0925 e. The van der Waals surface area contributed by atoms with Crippen LogP contribution >= 0.6 is 11.8 Å². The lowest BCUT2D eigenvalue weighted by molar-refractivity contribution is 0.250. The molecular weight excluding hydrogens is 186 g/mol. The van der Waals surface area contributed by atoms with Crippen LogP contribution in [0.1, 0.15) is 12.6 Å². The minimum Gasteiger partial charge on any atom is -0.396 e. The van der Waals surface area contributed by atoms with E-state index in [0.717, 1.165) is 17.2 Å². The summed E-state index contributed by atoms with van der Waals surface area (Å²) in [6, 6.07) is 0. The summed E-state index contributed by atoms with van der Waals surface area (Å²) in [6.45, 7) is 2.29. The maximum atomic E-state index is 8.79. The predicted molar refractivity (Wildman–Crippen MR) is 53.4 cm³/mol. The SMILES string of the molecule is CC(CO)CSCc1cn(C)nn1. The van der Waals surface area contributed by atoms with E-state index in [0.29, 0.717) is 5.92 Å². The molecule has 0 saturated carbocycles. The Kier molecular flexibility index (Phi) is 4.24. The summed E-state index contributed by atoms with van der Waals surface area (Å²) in [5.41, 5.74) is 0.998. The second-order valence-electron chi connectivity index (χ2n) is 3.19. The Hall–Kier alpha value is -0.550. The standard InChI is InChI=1S/C8H15N3OS/c1-7(4-12)5-13-6-8-3-11(2)10-9-8/h3,7,12H,4-6H2,1-2H3. The van der Waals surface area contributed by atoms with Crippen molar-refractivity contribution >= 4 is 11.8 Å². The van der Waals surface area contributed by atoms with Crippen LogP contribution in [-0.4, -0.2) is 32.5 Å². The molecule has 1 aromatic rings. The fourth-order valence-electron chi connectivity index (χ4n) is 0.879. The van der Waals surface area contributed by atoms with Crippen molar-refractivity contribution in [2.45, 2.75) is 12.7 Å². The summed E-state index contributed by atoms with van der Waals surface area (Å²) in [5, 5.41) is 16.6. The average molecular weight is 201 g/mol. The molecule has 0 radical (unpaired) electrons. The first-order valence-corrected chi connectivity index (χ1v) is 5.41. The molecule has 13 heavy (non-hydrogen) atoms. The van der Waals surface area contributed by atoms with E-state index >= 15 is 0 Å². The fraction of sp³-hybridized carbons (Fsp3) is 0.750. The topological polar surface area (TPSA) is 50.9 Å². The van der Waals surface area contributed by atoms with E-state index in [-0.39, 0.29) is 6.61 Å². The first-order chi connectivity index (χ1) is 6.22. The highest BCUT2D eigenvalue weighted by Gasteiger charge is 2.02. The lowest BCUT2D eigenvalue weighted by Gasteiger charge is -2.04. The average Bonchev–Trinajstić information content (AvgIpc) is 2.51. The Morgan fingerprint density at radius 3 is 3.00 bits per heavy atom. The van der Waals surface area contributed by atoms with Gasteiger partial charge in [-0.2, -0.15) is 11.8 Å². The Morgan fingerprint density at radius 2 is 2.46 bits per heavy atom. The van der Waals surface area contributed by atoms with Crippen molar-refractivity contribution in [1.82, 2.24) is 15.0 Å². The summed E-state index contributed by atoms with van der Waals surface area (Å²) in [4.78, 5) is 0. The highest BCUT2D eigenvalue weighted by Crippen LogP contribution is 2.12. The van der Waals surface area contributed by atoms with Crippen LogP contribution in [0.4, 0.5) is 0 Å². The number of aliphatic hydroxyl groups excluding tert-OH is 1. The molecule has 1 heterocycles. The minimum atomic E-state index is 0.257. The Labute approximate surface area is 82.3 Å². The second-order valence-corrected chi connectivity index (χ2v) is 4.22. The molecule has 1 rings (SSSR count). The van der Waals surface area contributed by atoms with Gasteiger partial charge in [0.25, 0.3) is 0 Å². The monoisotopic (exact) mass is 201 g/mol. The molecule has 0 amide bonds. The van der Waals surface area contributed by atoms with Crippen molar-refractivity contribution in [1.29, 1.82) is 0 Å². The third-order valence-corrected chi connectivity index (χ3v) is 2.92. The molecule has 0 saturated heterocycles. The number of hydrogen-bond donors (Lipinski definition) is 1. The van der Waals surface area contributed by atoms with Gasteiger partial charge in [-0.15, -0.1) is 5.10 Å². The van der Waals surface area contributed by atoms with E-state index in [4.69, 9.17) is 5.11 Å². The summed E-state index contributed by atoms with van der Waals surface area (Å²) < 4.78 is 1.70. The van der Waals surface area contributed by atoms with Crippen LogP contribution in [0, 0.1) is 5.92 Å². The smallest absolute Gasteiger partial charge is 0.0925 e. The van der Waals surface area contributed by atoms with E-state index < -0.39 is 0 Å². The molecule has 1 aromatic heterocycles. The van der Waals surface area contributed by atoms with Crippen LogP contribution in [0.5, 0.6) is 0 Å². The summed E-state index contributed by atoms with van der Waals surface area (Å²) in [6.07, 6.45) is 1.91. The largest absolute Gasteiger partial charge is 0.396 e. The van der Waals surface area contributed by atoms with Gasteiger partial charge in [-0.1, -0.05) is 12.1 Å². The molecule has 0 bridgehead atoms. The van der Waals surface area contributed by atoms with Gasteiger partial charge in [0.1, 0.15) is 0 Å². The third-order valence-electron chi connectivity index (χ3n) is 1.61. The van der Waals surface area contributed by atoms with Crippen LogP contribution in [0.3, 0.4) is 0 Å². The maximum absolute atomic E-state index is 8.79. The molecule has 0 aliphatic carbocycles. The van der Waals surface area contributed by atoms with Crippen molar-refractivity contribution in [3.63, 3.8) is 0 Å². The number of nitrogens with zero attached hydrogens (tertiary/aromatic N) is 3. The number of aromatic nitrogens is 3. The van der Waals surface area contributed by atoms with Crippen LogP contribution < -0.4 is 0 Å². The Balaban J connectivity index is 2.20. The normalized spacial score (nSPS) is 13.2. The van der Waals surface area contributed by atoms with E-state index in [2.05, 4.69) is 10.3 Å². The molecule has 0 aliphatic heterocycles. The van der Waals surface area contributed by atoms with E-state index in [1.807, 2.05) is 20.2 Å². The third kappa shape index (κ3) is 3.78. The first-order valence-electron chi connectivity index (χ1n) is 4.26. The molecule has 0 aliphatic rings. The van der Waals surface area contributed by atoms with Gasteiger partial charge in [0.05, 0.1) is 5.69 Å². The Morgan fingerprint density at radius 1 is 1.69 bits per heavy atom. The summed E-state index contributed by atoms with van der Waals surface area (Å²) in [7, 11) is 1.86. The summed E-state index contributed by atoms with van der Waals surface area (Å²) in [5.74, 6) is 2.20. The molecule has 0 fully saturated rings. The number of thioether (sulfide) groups is 1.